The molecule has 0 amide bonds. The zero-order valence-corrected chi connectivity index (χ0v) is 10.5. The van der Waals surface area contributed by atoms with E-state index in [1.807, 2.05) is 26.0 Å². The summed E-state index contributed by atoms with van der Waals surface area (Å²) in [6, 6.07) is 3.86. The van der Waals surface area contributed by atoms with Gasteiger partial charge in [0.1, 0.15) is 5.75 Å². The van der Waals surface area contributed by atoms with Crippen molar-refractivity contribution in [2.24, 2.45) is 0 Å². The molecule has 1 aromatic rings. The van der Waals surface area contributed by atoms with Crippen molar-refractivity contribution >= 4 is 17.9 Å². The number of unbranched alkanes of at least 4 members (excludes halogenated alkanes) is 1. The van der Waals surface area contributed by atoms with Gasteiger partial charge in [0.25, 0.3) is 0 Å². The summed E-state index contributed by atoms with van der Waals surface area (Å²) < 4.78 is 5.63. The number of carbonyl (C=O) groups is 1. The molecule has 1 rings (SSSR count). The Labute approximate surface area is 102 Å². The minimum absolute atomic E-state index is 0.609. The van der Waals surface area contributed by atoms with Crippen LogP contribution in [0.4, 0.5) is 0 Å². The van der Waals surface area contributed by atoms with Crippen molar-refractivity contribution in [3.8, 4) is 5.75 Å². The lowest BCUT2D eigenvalue weighted by Crippen LogP contribution is -2.02. The highest BCUT2D eigenvalue weighted by Gasteiger charge is 2.07. The predicted molar refractivity (Wildman–Crippen MR) is 66.8 cm³/mol. The maximum Gasteiger partial charge on any atom is 0.153 e. The number of alkyl halides is 1. The third-order valence-electron chi connectivity index (χ3n) is 2.35. The molecule has 0 fully saturated rings. The van der Waals surface area contributed by atoms with Crippen molar-refractivity contribution in [3.63, 3.8) is 0 Å². The van der Waals surface area contributed by atoms with E-state index < -0.39 is 0 Å². The molecular weight excluding hydrogens is 224 g/mol. The Morgan fingerprint density at radius 3 is 2.69 bits per heavy atom. The standard InChI is InChI=1S/C13H17ClO2/c1-10-7-11(2)13(12(8-10)9-15)16-6-4-3-5-14/h7-9H,3-6H2,1-2H3. The van der Waals surface area contributed by atoms with Gasteiger partial charge in [-0.3, -0.25) is 4.79 Å². The summed E-state index contributed by atoms with van der Waals surface area (Å²) in [5, 5.41) is 0. The maximum atomic E-state index is 10.9. The van der Waals surface area contributed by atoms with Gasteiger partial charge < -0.3 is 4.74 Å². The Bertz CT molecular complexity index is 361. The third-order valence-corrected chi connectivity index (χ3v) is 2.62. The first-order chi connectivity index (χ1) is 7.69. The van der Waals surface area contributed by atoms with Crippen molar-refractivity contribution in [1.29, 1.82) is 0 Å². The normalized spacial score (nSPS) is 10.2. The molecule has 0 bridgehead atoms. The minimum Gasteiger partial charge on any atom is -0.493 e. The van der Waals surface area contributed by atoms with Gasteiger partial charge in [-0.2, -0.15) is 0 Å². The molecule has 2 nitrogen and oxygen atoms in total. The van der Waals surface area contributed by atoms with E-state index in [9.17, 15) is 4.79 Å². The van der Waals surface area contributed by atoms with Crippen LogP contribution < -0.4 is 4.74 Å². The number of hydrogen-bond donors (Lipinski definition) is 0. The molecule has 0 aliphatic carbocycles. The Kier molecular flexibility index (Phi) is 5.33. The van der Waals surface area contributed by atoms with Gasteiger partial charge in [-0.25, -0.2) is 0 Å². The third kappa shape index (κ3) is 3.53. The number of aryl methyl sites for hydroxylation is 2. The number of halogens is 1. The first-order valence-electron chi connectivity index (χ1n) is 5.44. The topological polar surface area (TPSA) is 26.3 Å². The van der Waals surface area contributed by atoms with Gasteiger partial charge in [0.15, 0.2) is 6.29 Å². The van der Waals surface area contributed by atoms with Gasteiger partial charge in [-0.05, 0) is 43.9 Å². The van der Waals surface area contributed by atoms with Crippen molar-refractivity contribution in [2.75, 3.05) is 12.5 Å². The van der Waals surface area contributed by atoms with Crippen molar-refractivity contribution in [1.82, 2.24) is 0 Å². The summed E-state index contributed by atoms with van der Waals surface area (Å²) in [6.45, 7) is 4.53. The van der Waals surface area contributed by atoms with Crippen LogP contribution >= 0.6 is 11.6 Å². The fourth-order valence-corrected chi connectivity index (χ4v) is 1.83. The van der Waals surface area contributed by atoms with E-state index in [0.717, 1.165) is 30.3 Å². The number of hydrogen-bond acceptors (Lipinski definition) is 2. The summed E-state index contributed by atoms with van der Waals surface area (Å²) in [5.74, 6) is 1.35. The van der Waals surface area contributed by atoms with Crippen LogP contribution in [-0.2, 0) is 0 Å². The van der Waals surface area contributed by atoms with Crippen molar-refractivity contribution in [3.05, 3.63) is 28.8 Å². The highest BCUT2D eigenvalue weighted by atomic mass is 35.5. The minimum atomic E-state index is 0.609. The Balaban J connectivity index is 2.74. The smallest absolute Gasteiger partial charge is 0.153 e. The monoisotopic (exact) mass is 240 g/mol. The SMILES string of the molecule is Cc1cc(C)c(OCCCCCl)c(C=O)c1. The van der Waals surface area contributed by atoms with Crippen LogP contribution in [-0.4, -0.2) is 18.8 Å². The summed E-state index contributed by atoms with van der Waals surface area (Å²) in [6.07, 6.45) is 2.69. The molecule has 0 spiro atoms. The Hall–Kier alpha value is -1.02. The molecule has 0 saturated heterocycles. The largest absolute Gasteiger partial charge is 0.493 e. The maximum absolute atomic E-state index is 10.9. The molecule has 88 valence electrons. The number of aldehydes is 1. The molecule has 0 aliphatic rings. The Morgan fingerprint density at radius 1 is 1.31 bits per heavy atom. The van der Waals surface area contributed by atoms with Crippen LogP contribution in [0, 0.1) is 13.8 Å². The van der Waals surface area contributed by atoms with Crippen molar-refractivity contribution < 1.29 is 9.53 Å². The number of rotatable bonds is 6. The molecule has 0 atom stereocenters. The summed E-state index contributed by atoms with van der Waals surface area (Å²) in [4.78, 5) is 10.9. The summed E-state index contributed by atoms with van der Waals surface area (Å²) >= 11 is 5.58. The van der Waals surface area contributed by atoms with Crippen LogP contribution in [0.2, 0.25) is 0 Å². The molecule has 3 heteroatoms. The second-order valence-electron chi connectivity index (χ2n) is 3.86. The van der Waals surface area contributed by atoms with Gasteiger partial charge in [0.2, 0.25) is 0 Å². The molecule has 0 aliphatic heterocycles. The predicted octanol–water partition coefficient (Wildman–Crippen LogP) is 3.51. The molecule has 1 aromatic carbocycles. The average Bonchev–Trinajstić information content (AvgIpc) is 2.26. The van der Waals surface area contributed by atoms with E-state index in [1.54, 1.807) is 0 Å². The fraction of sp³-hybridized carbons (Fsp3) is 0.462. The molecule has 0 unspecified atom stereocenters. The van der Waals surface area contributed by atoms with Gasteiger partial charge in [-0.1, -0.05) is 6.07 Å². The van der Waals surface area contributed by atoms with Gasteiger partial charge in [0, 0.05) is 5.88 Å². The van der Waals surface area contributed by atoms with Crippen LogP contribution in [0.3, 0.4) is 0 Å². The lowest BCUT2D eigenvalue weighted by molar-refractivity contribution is 0.111. The van der Waals surface area contributed by atoms with Crippen LogP contribution in [0.1, 0.15) is 34.3 Å². The van der Waals surface area contributed by atoms with Gasteiger partial charge in [-0.15, -0.1) is 11.6 Å². The van der Waals surface area contributed by atoms with E-state index in [2.05, 4.69) is 0 Å². The average molecular weight is 241 g/mol. The second kappa shape index (κ2) is 6.54. The molecule has 0 saturated carbocycles. The second-order valence-corrected chi connectivity index (χ2v) is 4.24. The first kappa shape index (κ1) is 13.0. The van der Waals surface area contributed by atoms with Crippen LogP contribution in [0.25, 0.3) is 0 Å². The highest BCUT2D eigenvalue weighted by Crippen LogP contribution is 2.24. The van der Waals surface area contributed by atoms with E-state index in [1.165, 1.54) is 0 Å². The van der Waals surface area contributed by atoms with Crippen molar-refractivity contribution in [2.45, 2.75) is 26.7 Å². The summed E-state index contributed by atoms with van der Waals surface area (Å²) in [5.41, 5.74) is 2.71. The van der Waals surface area contributed by atoms with E-state index in [-0.39, 0.29) is 0 Å². The van der Waals surface area contributed by atoms with Crippen LogP contribution in [0.5, 0.6) is 5.75 Å². The quantitative estimate of drug-likeness (QED) is 0.432. The molecule has 0 radical (unpaired) electrons. The molecular formula is C13H17ClO2. The van der Waals surface area contributed by atoms with Gasteiger partial charge in [0.05, 0.1) is 12.2 Å². The van der Waals surface area contributed by atoms with E-state index in [4.69, 9.17) is 16.3 Å². The number of carbonyl (C=O) groups excluding carboxylic acids is 1. The molecule has 0 heterocycles. The number of benzene rings is 1. The lowest BCUT2D eigenvalue weighted by Gasteiger charge is -2.12. The zero-order chi connectivity index (χ0) is 12.0. The summed E-state index contributed by atoms with van der Waals surface area (Å²) in [7, 11) is 0. The number of ether oxygens (including phenoxy) is 1. The first-order valence-corrected chi connectivity index (χ1v) is 5.97. The van der Waals surface area contributed by atoms with Gasteiger partial charge >= 0.3 is 0 Å². The molecule has 0 N–H and O–H groups in total. The van der Waals surface area contributed by atoms with Crippen LogP contribution in [0.15, 0.2) is 12.1 Å². The van der Waals surface area contributed by atoms with E-state index >= 15 is 0 Å². The Morgan fingerprint density at radius 2 is 2.06 bits per heavy atom. The highest BCUT2D eigenvalue weighted by molar-refractivity contribution is 6.17. The molecule has 0 aromatic heterocycles. The zero-order valence-electron chi connectivity index (χ0n) is 9.75. The lowest BCUT2D eigenvalue weighted by atomic mass is 10.1. The van der Waals surface area contributed by atoms with E-state index in [0.29, 0.717) is 23.8 Å². The molecule has 16 heavy (non-hydrogen) atoms. The fourth-order valence-electron chi connectivity index (χ4n) is 1.64.